The van der Waals surface area contributed by atoms with Crippen LogP contribution in [0.4, 0.5) is 5.13 Å². The summed E-state index contributed by atoms with van der Waals surface area (Å²) in [5.74, 6) is -0.644. The minimum absolute atomic E-state index is 0.119. The van der Waals surface area contributed by atoms with Crippen LogP contribution in [0.15, 0.2) is 41.9 Å². The first-order chi connectivity index (χ1) is 11.5. The van der Waals surface area contributed by atoms with Gasteiger partial charge in [-0.15, -0.1) is 11.3 Å². The first-order valence-corrected chi connectivity index (χ1v) is 8.19. The van der Waals surface area contributed by atoms with Crippen molar-refractivity contribution in [2.75, 3.05) is 5.32 Å². The molecule has 0 unspecified atom stereocenters. The molecule has 3 rings (SSSR count). The highest BCUT2D eigenvalue weighted by molar-refractivity contribution is 7.14. The second-order valence-corrected chi connectivity index (χ2v) is 6.27. The number of H-pyrrole nitrogens is 1. The lowest BCUT2D eigenvalue weighted by atomic mass is 10.1. The van der Waals surface area contributed by atoms with Crippen LogP contribution in [0, 0.1) is 6.92 Å². The van der Waals surface area contributed by atoms with E-state index in [0.29, 0.717) is 22.9 Å². The van der Waals surface area contributed by atoms with Crippen molar-refractivity contribution in [3.05, 3.63) is 58.7 Å². The Labute approximate surface area is 142 Å². The summed E-state index contributed by atoms with van der Waals surface area (Å²) in [5, 5.41) is 5.12. The van der Waals surface area contributed by atoms with Crippen LogP contribution in [0.25, 0.3) is 11.3 Å². The van der Waals surface area contributed by atoms with Crippen molar-refractivity contribution in [1.82, 2.24) is 9.97 Å². The molecular formula is C17H16N4O2S. The highest BCUT2D eigenvalue weighted by Gasteiger charge is 2.11. The molecule has 7 heteroatoms. The first-order valence-electron chi connectivity index (χ1n) is 7.31. The van der Waals surface area contributed by atoms with Crippen LogP contribution in [0.3, 0.4) is 0 Å². The maximum Gasteiger partial charge on any atom is 0.265 e. The summed E-state index contributed by atoms with van der Waals surface area (Å²) in [6, 6.07) is 9.47. The number of nitrogens with one attached hydrogen (secondary N) is 2. The van der Waals surface area contributed by atoms with Crippen LogP contribution in [0.2, 0.25) is 0 Å². The summed E-state index contributed by atoms with van der Waals surface area (Å²) in [6.45, 7) is 2.01. The number of anilines is 1. The number of carbonyl (C=O) groups is 2. The number of amides is 2. The average molecular weight is 340 g/mol. The average Bonchev–Trinajstić information content (AvgIpc) is 3.18. The Bertz CT molecular complexity index is 880. The molecule has 0 radical (unpaired) electrons. The standard InChI is InChI=1S/C17H16N4O2S/c1-10-2-4-11(5-3-10)6-15(22)21-17-20-14(9-24-17)12-7-13(16(18)23)19-8-12/h2-5,7-9,19H,6H2,1H3,(H2,18,23)(H,20,21,22). The summed E-state index contributed by atoms with van der Waals surface area (Å²) in [7, 11) is 0. The van der Waals surface area contributed by atoms with Gasteiger partial charge in [0.1, 0.15) is 5.69 Å². The third kappa shape index (κ3) is 3.69. The fourth-order valence-electron chi connectivity index (χ4n) is 2.20. The van der Waals surface area contributed by atoms with Crippen molar-refractivity contribution in [3.63, 3.8) is 0 Å². The summed E-state index contributed by atoms with van der Waals surface area (Å²) in [5.41, 5.74) is 9.07. The van der Waals surface area contributed by atoms with Crippen LogP contribution in [0.1, 0.15) is 21.6 Å². The molecule has 122 valence electrons. The maximum atomic E-state index is 12.1. The van der Waals surface area contributed by atoms with E-state index in [-0.39, 0.29) is 5.91 Å². The Morgan fingerprint density at radius 3 is 2.71 bits per heavy atom. The zero-order chi connectivity index (χ0) is 17.1. The third-order valence-electron chi connectivity index (χ3n) is 3.48. The molecule has 0 aliphatic rings. The normalized spacial score (nSPS) is 10.5. The monoisotopic (exact) mass is 340 g/mol. The van der Waals surface area contributed by atoms with Gasteiger partial charge in [-0.05, 0) is 18.6 Å². The Hall–Kier alpha value is -2.93. The lowest BCUT2D eigenvalue weighted by Gasteiger charge is -2.02. The molecular weight excluding hydrogens is 324 g/mol. The molecule has 0 saturated carbocycles. The Morgan fingerprint density at radius 2 is 2.04 bits per heavy atom. The van der Waals surface area contributed by atoms with Crippen molar-refractivity contribution < 1.29 is 9.59 Å². The number of aromatic nitrogens is 2. The van der Waals surface area contributed by atoms with E-state index in [1.54, 1.807) is 12.3 Å². The van der Waals surface area contributed by atoms with Crippen LogP contribution in [-0.2, 0) is 11.2 Å². The second-order valence-electron chi connectivity index (χ2n) is 5.41. The number of nitrogens with zero attached hydrogens (tertiary/aromatic N) is 1. The van der Waals surface area contributed by atoms with Crippen LogP contribution < -0.4 is 11.1 Å². The fraction of sp³-hybridized carbons (Fsp3) is 0.118. The van der Waals surface area contributed by atoms with Gasteiger partial charge in [-0.25, -0.2) is 4.98 Å². The van der Waals surface area contributed by atoms with Gasteiger partial charge in [0.15, 0.2) is 5.13 Å². The van der Waals surface area contributed by atoms with Gasteiger partial charge in [0.05, 0.1) is 12.1 Å². The lowest BCUT2D eigenvalue weighted by Crippen LogP contribution is -2.14. The minimum atomic E-state index is -0.525. The summed E-state index contributed by atoms with van der Waals surface area (Å²) < 4.78 is 0. The van der Waals surface area contributed by atoms with Crippen LogP contribution in [0.5, 0.6) is 0 Å². The summed E-state index contributed by atoms with van der Waals surface area (Å²) in [6.07, 6.45) is 1.96. The number of primary amides is 1. The van der Waals surface area contributed by atoms with Crippen molar-refractivity contribution in [3.8, 4) is 11.3 Å². The van der Waals surface area contributed by atoms with E-state index < -0.39 is 5.91 Å². The lowest BCUT2D eigenvalue weighted by molar-refractivity contribution is -0.115. The topological polar surface area (TPSA) is 101 Å². The smallest absolute Gasteiger partial charge is 0.265 e. The SMILES string of the molecule is Cc1ccc(CC(=O)Nc2nc(-c3c[nH]c(C(N)=O)c3)cs2)cc1. The number of aromatic amines is 1. The van der Waals surface area contributed by atoms with Gasteiger partial charge in [-0.2, -0.15) is 0 Å². The highest BCUT2D eigenvalue weighted by Crippen LogP contribution is 2.25. The first kappa shape index (κ1) is 15.9. The van der Waals surface area contributed by atoms with Gasteiger partial charge in [0.25, 0.3) is 5.91 Å². The van der Waals surface area contributed by atoms with Gasteiger partial charge in [0, 0.05) is 17.1 Å². The molecule has 2 aromatic heterocycles. The molecule has 0 saturated heterocycles. The van der Waals surface area contributed by atoms with Gasteiger partial charge in [-0.1, -0.05) is 29.8 Å². The largest absolute Gasteiger partial charge is 0.364 e. The number of hydrogen-bond donors (Lipinski definition) is 3. The van der Waals surface area contributed by atoms with Gasteiger partial charge < -0.3 is 16.0 Å². The number of aryl methyl sites for hydroxylation is 1. The molecule has 2 heterocycles. The van der Waals surface area contributed by atoms with Crippen LogP contribution >= 0.6 is 11.3 Å². The summed E-state index contributed by atoms with van der Waals surface area (Å²) in [4.78, 5) is 30.4. The highest BCUT2D eigenvalue weighted by atomic mass is 32.1. The second kappa shape index (κ2) is 6.67. The predicted molar refractivity (Wildman–Crippen MR) is 93.9 cm³/mol. The molecule has 0 bridgehead atoms. The Morgan fingerprint density at radius 1 is 1.29 bits per heavy atom. The van der Waals surface area contributed by atoms with Crippen molar-refractivity contribution >= 4 is 28.3 Å². The van der Waals surface area contributed by atoms with E-state index in [0.717, 1.165) is 16.7 Å². The van der Waals surface area contributed by atoms with E-state index >= 15 is 0 Å². The van der Waals surface area contributed by atoms with Crippen LogP contribution in [-0.4, -0.2) is 21.8 Å². The van der Waals surface area contributed by atoms with Crippen molar-refractivity contribution in [1.29, 1.82) is 0 Å². The molecule has 4 N–H and O–H groups in total. The molecule has 24 heavy (non-hydrogen) atoms. The summed E-state index contributed by atoms with van der Waals surface area (Å²) >= 11 is 1.33. The number of benzene rings is 1. The van der Waals surface area contributed by atoms with Gasteiger partial charge >= 0.3 is 0 Å². The zero-order valence-electron chi connectivity index (χ0n) is 13.0. The number of rotatable bonds is 5. The van der Waals surface area contributed by atoms with E-state index in [1.165, 1.54) is 11.3 Å². The number of carbonyl (C=O) groups excluding carboxylic acids is 2. The maximum absolute atomic E-state index is 12.1. The number of nitrogens with two attached hydrogens (primary N) is 1. The zero-order valence-corrected chi connectivity index (χ0v) is 13.8. The van der Waals surface area contributed by atoms with E-state index in [4.69, 9.17) is 5.73 Å². The van der Waals surface area contributed by atoms with E-state index in [1.807, 2.05) is 36.6 Å². The number of hydrogen-bond acceptors (Lipinski definition) is 4. The molecule has 0 aliphatic carbocycles. The molecule has 0 spiro atoms. The van der Waals surface area contributed by atoms with Crippen molar-refractivity contribution in [2.45, 2.75) is 13.3 Å². The quantitative estimate of drug-likeness (QED) is 0.665. The Kier molecular flexibility index (Phi) is 4.43. The molecule has 0 aliphatic heterocycles. The molecule has 3 aromatic rings. The molecule has 0 fully saturated rings. The molecule has 6 nitrogen and oxygen atoms in total. The molecule has 0 atom stereocenters. The Balaban J connectivity index is 1.65. The van der Waals surface area contributed by atoms with E-state index in [2.05, 4.69) is 15.3 Å². The minimum Gasteiger partial charge on any atom is -0.364 e. The predicted octanol–water partition coefficient (Wildman–Crippen LogP) is 2.73. The fourth-order valence-corrected chi connectivity index (χ4v) is 2.94. The third-order valence-corrected chi connectivity index (χ3v) is 4.24. The van der Waals surface area contributed by atoms with Gasteiger partial charge in [-0.3, -0.25) is 9.59 Å². The molecule has 2 amide bonds. The molecule has 1 aromatic carbocycles. The van der Waals surface area contributed by atoms with E-state index in [9.17, 15) is 9.59 Å². The van der Waals surface area contributed by atoms with Gasteiger partial charge in [0.2, 0.25) is 5.91 Å². The van der Waals surface area contributed by atoms with Crippen molar-refractivity contribution in [2.24, 2.45) is 5.73 Å². The number of thiazole rings is 1.